The number of imidazole rings is 1. The number of pyridine rings is 1. The van der Waals surface area contributed by atoms with Gasteiger partial charge in [0, 0.05) is 35.3 Å². The van der Waals surface area contributed by atoms with Crippen LogP contribution in [0.4, 0.5) is 56.9 Å². The molecule has 44 heteroatoms. The van der Waals surface area contributed by atoms with Crippen LogP contribution < -0.4 is 15.4 Å². The van der Waals surface area contributed by atoms with Crippen LogP contribution in [0, 0.1) is 25.2 Å². The fourth-order valence-electron chi connectivity index (χ4n) is 8.49. The number of benzene rings is 5. The summed E-state index contributed by atoms with van der Waals surface area (Å²) in [5.41, 5.74) is -2.87. The minimum atomic E-state index is -5.37. The van der Waals surface area contributed by atoms with Crippen LogP contribution in [-0.2, 0) is 70.3 Å². The van der Waals surface area contributed by atoms with Crippen molar-refractivity contribution < 1.29 is 97.3 Å². The van der Waals surface area contributed by atoms with Gasteiger partial charge in [-0.3, -0.25) is 41.3 Å². The van der Waals surface area contributed by atoms with Crippen LogP contribution in [0.2, 0.25) is 5.02 Å². The van der Waals surface area contributed by atoms with Crippen LogP contribution in [0.5, 0.6) is 11.6 Å². The summed E-state index contributed by atoms with van der Waals surface area (Å²) in [6.07, 6.45) is -0.304. The van der Waals surface area contributed by atoms with E-state index in [9.17, 15) is 97.8 Å². The summed E-state index contributed by atoms with van der Waals surface area (Å²) in [5.74, 6) is -4.31. The minimum Gasteiger partial charge on any atom is -0.493 e. The molecule has 0 fully saturated rings. The van der Waals surface area contributed by atoms with E-state index in [4.69, 9.17) is 16.3 Å². The number of anilines is 2. The molecule has 512 valence electrons. The van der Waals surface area contributed by atoms with Crippen molar-refractivity contribution in [1.29, 1.82) is 5.26 Å². The standard InChI is InChI=1S/C52H52ClN13O22S8/c1-27-17-40(62-65-49-28(2)33(26-54)51-57-43-19-32(94(79,80)81)20-48(96(85,86)87)50(43)66(51)52(49)69)44(88-11-5-6-14-91(70,71)72)23-35(27)59-63-41-22-37(56-30(4)68)39(25-46(41)90-13-8-16-93(76,77)78)61-64-42-21-36(55-29(3)67)38(24-45(42)89-12-7-15-92(73,74)75)60-58-31-9-10-34(53)47(18-31)95(82,83)84/h9-10,17-25,69H,5-8,11-16H2,1-4H3,(H,55,67)(H,56,68)(H,70,71,72)(H,73,74,75)(H,76,77,78)(H,79,80,81)(H,82,83,84)(H,85,86,87). The van der Waals surface area contributed by atoms with E-state index in [2.05, 4.69) is 56.5 Å². The number of nitrogens with zero attached hydrogens (tertiary/aromatic N) is 11. The maximum Gasteiger partial charge on any atom is 0.296 e. The van der Waals surface area contributed by atoms with Crippen molar-refractivity contribution in [2.75, 3.05) is 46.0 Å². The third-order valence-electron chi connectivity index (χ3n) is 12.7. The highest BCUT2D eigenvalue weighted by Crippen LogP contribution is 2.46. The van der Waals surface area contributed by atoms with Gasteiger partial charge in [-0.25, -0.2) is 4.98 Å². The molecule has 0 radical (unpaired) electrons. The zero-order chi connectivity index (χ0) is 71.0. The van der Waals surface area contributed by atoms with E-state index in [0.29, 0.717) is 10.5 Å². The van der Waals surface area contributed by atoms with Gasteiger partial charge in [0.05, 0.1) is 67.6 Å². The summed E-state index contributed by atoms with van der Waals surface area (Å²) in [4.78, 5) is 27.1. The van der Waals surface area contributed by atoms with Gasteiger partial charge in [0.2, 0.25) is 17.7 Å². The van der Waals surface area contributed by atoms with E-state index in [-0.39, 0.29) is 132 Å². The molecule has 0 saturated heterocycles. The number of amides is 2. The molecule has 2 amide bonds. The first-order valence-corrected chi connectivity index (χ1v) is 38.4. The van der Waals surface area contributed by atoms with E-state index in [1.54, 1.807) is 0 Å². The molecule has 0 saturated carbocycles. The Morgan fingerprint density at radius 2 is 1.09 bits per heavy atom. The number of nitriles is 1. The SMILES string of the molecule is CC(=O)Nc1cc(N=Nc2cc(SCCCS(=O)(=O)O)c(N=Nc3cc(OCCCCS(=O)(=O)O)c(N=Nc4c(C)c(C#N)c5nc6cc(S(=O)(=O)O)cc(S(=O)(=O)O)c6n5c4O)cc3C)cc2NC(C)=O)c(SCCCS(=O)(=O)O)cc1N=Nc1ccc(Cl)c(S(=O)(=O)O)c1. The molecule has 7 rings (SSSR count). The van der Waals surface area contributed by atoms with Gasteiger partial charge in [-0.2, -0.15) is 66.0 Å². The largest absolute Gasteiger partial charge is 0.493 e. The Morgan fingerprint density at radius 3 is 1.59 bits per heavy atom. The molecule has 35 nitrogen and oxygen atoms in total. The molecular weight excluding hydrogens is 1450 g/mol. The van der Waals surface area contributed by atoms with Crippen molar-refractivity contribution in [2.24, 2.45) is 40.9 Å². The number of aryl methyl sites for hydroxylation is 1. The number of halogens is 1. The second kappa shape index (κ2) is 30.6. The first kappa shape index (κ1) is 75.3. The summed E-state index contributed by atoms with van der Waals surface area (Å²) < 4.78 is 208. The number of fused-ring (bicyclic) bond motifs is 3. The Bertz CT molecular complexity index is 5200. The lowest BCUT2D eigenvalue weighted by Gasteiger charge is -2.13. The number of carbonyl (C=O) groups is 2. The summed E-state index contributed by atoms with van der Waals surface area (Å²) in [6, 6.07) is 14.3. The highest BCUT2D eigenvalue weighted by atomic mass is 35.5. The molecule has 2 heterocycles. The van der Waals surface area contributed by atoms with E-state index in [1.807, 2.05) is 6.07 Å². The Morgan fingerprint density at radius 1 is 0.594 bits per heavy atom. The number of hydrogen-bond acceptors (Lipinski definition) is 28. The third-order valence-corrected chi connectivity index (χ3v) is 20.4. The van der Waals surface area contributed by atoms with E-state index in [1.165, 1.54) is 56.3 Å². The number of carbonyl (C=O) groups excluding carboxylic acids is 2. The van der Waals surface area contributed by atoms with Gasteiger partial charge < -0.3 is 20.5 Å². The molecule has 0 unspecified atom stereocenters. The summed E-state index contributed by atoms with van der Waals surface area (Å²) in [6.45, 7) is 4.89. The smallest absolute Gasteiger partial charge is 0.296 e. The maximum atomic E-state index is 12.9. The predicted octanol–water partition coefficient (Wildman–Crippen LogP) is 11.4. The first-order chi connectivity index (χ1) is 44.6. The molecule has 5 aromatic carbocycles. The summed E-state index contributed by atoms with van der Waals surface area (Å²) in [7, 11) is -28.6. The maximum absolute atomic E-state index is 12.9. The van der Waals surface area contributed by atoms with Gasteiger partial charge in [-0.05, 0) is 117 Å². The Kier molecular flexibility index (Phi) is 24.0. The summed E-state index contributed by atoms with van der Waals surface area (Å²) >= 11 is 7.94. The third kappa shape index (κ3) is 20.5. The molecule has 96 heavy (non-hydrogen) atoms. The number of nitrogens with one attached hydrogen (secondary N) is 2. The quantitative estimate of drug-likeness (QED) is 0.00910. The van der Waals surface area contributed by atoms with Crippen LogP contribution in [0.15, 0.2) is 132 Å². The number of aromatic hydroxyl groups is 1. The molecule has 0 aliphatic heterocycles. The molecule has 2 aromatic heterocycles. The van der Waals surface area contributed by atoms with Crippen molar-refractivity contribution in [3.05, 3.63) is 88.4 Å². The van der Waals surface area contributed by atoms with Crippen LogP contribution in [0.1, 0.15) is 56.2 Å². The highest BCUT2D eigenvalue weighted by molar-refractivity contribution is 7.99. The van der Waals surface area contributed by atoms with Crippen molar-refractivity contribution in [3.8, 4) is 17.7 Å². The van der Waals surface area contributed by atoms with Crippen LogP contribution in [0.25, 0.3) is 16.7 Å². The molecular formula is C52H52ClN13O22S8. The Labute approximate surface area is 560 Å². The molecule has 0 spiro atoms. The number of rotatable bonds is 29. The normalized spacial score (nSPS) is 12.9. The lowest BCUT2D eigenvalue weighted by molar-refractivity contribution is -0.115. The van der Waals surface area contributed by atoms with E-state index in [0.717, 1.165) is 55.6 Å². The number of ether oxygens (including phenoxy) is 1. The van der Waals surface area contributed by atoms with Crippen molar-refractivity contribution in [2.45, 2.75) is 77.9 Å². The molecule has 7 aromatic rings. The second-order valence-corrected chi connectivity index (χ2v) is 31.7. The van der Waals surface area contributed by atoms with E-state index < -0.39 is 133 Å². The highest BCUT2D eigenvalue weighted by Gasteiger charge is 2.29. The number of azo groups is 4. The zero-order valence-corrected chi connectivity index (χ0v) is 57.0. The molecule has 0 bridgehead atoms. The van der Waals surface area contributed by atoms with Gasteiger partial charge in [0.25, 0.3) is 60.7 Å². The number of aromatic nitrogens is 2. The average molecular weight is 1500 g/mol. The lowest BCUT2D eigenvalue weighted by Crippen LogP contribution is -2.06. The van der Waals surface area contributed by atoms with Gasteiger partial charge in [0.15, 0.2) is 11.3 Å². The van der Waals surface area contributed by atoms with Crippen molar-refractivity contribution >= 4 is 181 Å². The Balaban J connectivity index is 1.36. The topological polar surface area (TPSA) is 554 Å². The monoisotopic (exact) mass is 1500 g/mol. The van der Waals surface area contributed by atoms with Crippen molar-refractivity contribution in [1.82, 2.24) is 9.38 Å². The molecule has 0 atom stereocenters. The van der Waals surface area contributed by atoms with Gasteiger partial charge in [0.1, 0.15) is 55.6 Å². The van der Waals surface area contributed by atoms with Crippen LogP contribution in [0.3, 0.4) is 0 Å². The molecule has 0 aliphatic rings. The zero-order valence-electron chi connectivity index (χ0n) is 49.7. The Hall–Kier alpha value is -8.07. The second-order valence-electron chi connectivity index (χ2n) is 20.1. The lowest BCUT2D eigenvalue weighted by atomic mass is 10.1. The minimum absolute atomic E-state index is 0.00811. The molecule has 9 N–H and O–H groups in total. The first-order valence-electron chi connectivity index (χ1n) is 26.9. The van der Waals surface area contributed by atoms with Gasteiger partial charge >= 0.3 is 0 Å². The van der Waals surface area contributed by atoms with E-state index >= 15 is 0 Å². The predicted molar refractivity (Wildman–Crippen MR) is 349 cm³/mol. The van der Waals surface area contributed by atoms with Crippen molar-refractivity contribution in [3.63, 3.8) is 0 Å². The fraction of sp³-hybridized carbons (Fsp3) is 0.269. The van der Waals surface area contributed by atoms with Gasteiger partial charge in [-0.1, -0.05) is 11.6 Å². The number of hydrogen-bond donors (Lipinski definition) is 9. The fourth-order valence-corrected chi connectivity index (χ4v) is 14.7. The van der Waals surface area contributed by atoms with Gasteiger partial charge in [-0.15, -0.1) is 54.2 Å². The van der Waals surface area contributed by atoms with Crippen LogP contribution in [-0.4, -0.2) is 139 Å². The number of unbranched alkanes of at least 4 members (excludes halogenated alkanes) is 1. The average Bonchev–Trinajstić information content (AvgIpc) is 1.55. The molecule has 0 aliphatic carbocycles. The summed E-state index contributed by atoms with van der Waals surface area (Å²) in [5, 5.41) is 61.4. The van der Waals surface area contributed by atoms with Crippen LogP contribution >= 0.6 is 35.1 Å². The number of thioether (sulfide) groups is 2.